The molecule has 1 fully saturated rings. The van der Waals surface area contributed by atoms with Crippen molar-refractivity contribution >= 4 is 46.3 Å². The third-order valence-corrected chi connectivity index (χ3v) is 4.68. The number of benzene rings is 2. The van der Waals surface area contributed by atoms with Crippen molar-refractivity contribution in [1.29, 1.82) is 0 Å². The molecule has 0 spiro atoms. The van der Waals surface area contributed by atoms with E-state index in [1.165, 1.54) is 14.2 Å². The van der Waals surface area contributed by atoms with E-state index < -0.39 is 5.91 Å². The minimum atomic E-state index is -0.401. The second-order valence-corrected chi connectivity index (χ2v) is 6.51. The maximum atomic E-state index is 12.7. The van der Waals surface area contributed by atoms with Crippen LogP contribution in [0.3, 0.4) is 0 Å². The van der Waals surface area contributed by atoms with E-state index in [0.717, 1.165) is 16.7 Å². The number of para-hydroxylation sites is 1. The number of rotatable bonds is 4. The lowest BCUT2D eigenvalue weighted by molar-refractivity contribution is -0.113. The predicted octanol–water partition coefficient (Wildman–Crippen LogP) is 4.60. The van der Waals surface area contributed by atoms with Crippen LogP contribution in [0.4, 0.5) is 10.5 Å². The average Bonchev–Trinajstić information content (AvgIpc) is 2.88. The van der Waals surface area contributed by atoms with E-state index in [-0.39, 0.29) is 5.24 Å². The van der Waals surface area contributed by atoms with Crippen molar-refractivity contribution in [2.45, 2.75) is 0 Å². The summed E-state index contributed by atoms with van der Waals surface area (Å²) in [5.41, 5.74) is 1.09. The van der Waals surface area contributed by atoms with Gasteiger partial charge in [-0.2, -0.15) is 0 Å². The summed E-state index contributed by atoms with van der Waals surface area (Å²) in [6.45, 7) is 0. The lowest BCUT2D eigenvalue weighted by atomic mass is 10.1. The summed E-state index contributed by atoms with van der Waals surface area (Å²) in [5, 5.41) is 0.0791. The number of carbonyl (C=O) groups is 2. The number of imide groups is 1. The molecular formula is C18H14ClNO4S. The van der Waals surface area contributed by atoms with E-state index in [0.29, 0.717) is 32.7 Å². The highest BCUT2D eigenvalue weighted by Gasteiger charge is 2.36. The number of hydrogen-bond acceptors (Lipinski definition) is 5. The molecule has 0 bridgehead atoms. The zero-order chi connectivity index (χ0) is 18.0. The quantitative estimate of drug-likeness (QED) is 0.731. The lowest BCUT2D eigenvalue weighted by Crippen LogP contribution is -2.27. The van der Waals surface area contributed by atoms with Crippen LogP contribution in [0.25, 0.3) is 6.08 Å². The molecule has 1 aliphatic rings. The third-order valence-electron chi connectivity index (χ3n) is 3.58. The molecule has 0 atom stereocenters. The lowest BCUT2D eigenvalue weighted by Gasteiger charge is -2.12. The van der Waals surface area contributed by atoms with Gasteiger partial charge >= 0.3 is 0 Å². The van der Waals surface area contributed by atoms with E-state index in [1.807, 2.05) is 0 Å². The molecule has 1 saturated heterocycles. The van der Waals surface area contributed by atoms with Crippen molar-refractivity contribution in [1.82, 2.24) is 0 Å². The predicted molar refractivity (Wildman–Crippen MR) is 99.4 cm³/mol. The number of ether oxygens (including phenoxy) is 2. The van der Waals surface area contributed by atoms with Crippen molar-refractivity contribution in [3.05, 3.63) is 58.0 Å². The van der Waals surface area contributed by atoms with Crippen LogP contribution >= 0.6 is 23.4 Å². The number of anilines is 1. The number of hydrogen-bond donors (Lipinski definition) is 0. The molecule has 0 saturated carbocycles. The third kappa shape index (κ3) is 3.36. The number of nitrogens with zero attached hydrogens (tertiary/aromatic N) is 1. The van der Waals surface area contributed by atoms with Crippen LogP contribution in [0.15, 0.2) is 47.4 Å². The molecule has 7 heteroatoms. The monoisotopic (exact) mass is 375 g/mol. The summed E-state index contributed by atoms with van der Waals surface area (Å²) >= 11 is 6.83. The van der Waals surface area contributed by atoms with Crippen molar-refractivity contribution < 1.29 is 19.1 Å². The zero-order valence-corrected chi connectivity index (χ0v) is 15.1. The zero-order valence-electron chi connectivity index (χ0n) is 13.5. The molecule has 128 valence electrons. The molecule has 0 aliphatic carbocycles. The molecule has 5 nitrogen and oxygen atoms in total. The van der Waals surface area contributed by atoms with Gasteiger partial charge in [-0.05, 0) is 42.1 Å². The van der Waals surface area contributed by atoms with Gasteiger partial charge in [0.25, 0.3) is 11.1 Å². The molecule has 0 unspecified atom stereocenters. The highest BCUT2D eigenvalue weighted by molar-refractivity contribution is 8.19. The first kappa shape index (κ1) is 17.4. The van der Waals surface area contributed by atoms with Crippen LogP contribution < -0.4 is 14.4 Å². The summed E-state index contributed by atoms with van der Waals surface area (Å²) in [6.07, 6.45) is 1.62. The second kappa shape index (κ2) is 7.21. The minimum absolute atomic E-state index is 0.302. The fourth-order valence-electron chi connectivity index (χ4n) is 2.47. The summed E-state index contributed by atoms with van der Waals surface area (Å²) in [4.78, 5) is 26.4. The van der Waals surface area contributed by atoms with Crippen LogP contribution in [0.5, 0.6) is 11.5 Å². The number of amides is 2. The van der Waals surface area contributed by atoms with Crippen molar-refractivity contribution in [3.63, 3.8) is 0 Å². The highest BCUT2D eigenvalue weighted by Crippen LogP contribution is 2.39. The maximum absolute atomic E-state index is 12.7. The van der Waals surface area contributed by atoms with Crippen LogP contribution in [-0.4, -0.2) is 25.4 Å². The van der Waals surface area contributed by atoms with Crippen LogP contribution in [-0.2, 0) is 4.79 Å². The van der Waals surface area contributed by atoms with Gasteiger partial charge in [0.05, 0.1) is 24.8 Å². The summed E-state index contributed by atoms with van der Waals surface area (Å²) in [6, 6.07) is 11.9. The Morgan fingerprint density at radius 2 is 1.84 bits per heavy atom. The fraction of sp³-hybridized carbons (Fsp3) is 0.111. The molecule has 1 aliphatic heterocycles. The largest absolute Gasteiger partial charge is 0.493 e. The Hall–Kier alpha value is -2.44. The molecule has 3 rings (SSSR count). The van der Waals surface area contributed by atoms with Crippen molar-refractivity contribution in [3.8, 4) is 11.5 Å². The Morgan fingerprint density at radius 3 is 2.52 bits per heavy atom. The van der Waals surface area contributed by atoms with Gasteiger partial charge in [-0.15, -0.1) is 0 Å². The SMILES string of the molecule is COc1cccc(/C=C2/SC(=O)N(c3cccc(Cl)c3)C2=O)c1OC. The Bertz CT molecular complexity index is 881. The normalized spacial score (nSPS) is 15.8. The van der Waals surface area contributed by atoms with E-state index in [1.54, 1.807) is 48.5 Å². The molecular weight excluding hydrogens is 362 g/mol. The number of halogens is 1. The Labute approximate surface area is 154 Å². The number of carbonyl (C=O) groups excluding carboxylic acids is 2. The average molecular weight is 376 g/mol. The first-order valence-electron chi connectivity index (χ1n) is 7.29. The Kier molecular flexibility index (Phi) is 5.01. The minimum Gasteiger partial charge on any atom is -0.493 e. The van der Waals surface area contributed by atoms with Crippen molar-refractivity contribution in [2.24, 2.45) is 0 Å². The molecule has 0 aromatic heterocycles. The molecule has 0 N–H and O–H groups in total. The van der Waals surface area contributed by atoms with Gasteiger partial charge in [-0.3, -0.25) is 9.59 Å². The fourth-order valence-corrected chi connectivity index (χ4v) is 3.49. The Morgan fingerprint density at radius 1 is 1.08 bits per heavy atom. The molecule has 0 radical (unpaired) electrons. The topological polar surface area (TPSA) is 55.8 Å². The van der Waals surface area contributed by atoms with Crippen LogP contribution in [0, 0.1) is 0 Å². The first-order valence-corrected chi connectivity index (χ1v) is 8.49. The molecule has 2 aromatic rings. The van der Waals surface area contributed by atoms with E-state index in [4.69, 9.17) is 21.1 Å². The first-order chi connectivity index (χ1) is 12.0. The molecule has 2 amide bonds. The number of thioether (sulfide) groups is 1. The van der Waals surface area contributed by atoms with Gasteiger partial charge in [-0.1, -0.05) is 29.8 Å². The van der Waals surface area contributed by atoms with E-state index in [9.17, 15) is 9.59 Å². The smallest absolute Gasteiger partial charge is 0.298 e. The van der Waals surface area contributed by atoms with Gasteiger partial charge in [0.2, 0.25) is 0 Å². The van der Waals surface area contributed by atoms with E-state index >= 15 is 0 Å². The number of methoxy groups -OCH3 is 2. The molecule has 1 heterocycles. The van der Waals surface area contributed by atoms with E-state index in [2.05, 4.69) is 0 Å². The Balaban J connectivity index is 1.99. The summed E-state index contributed by atoms with van der Waals surface area (Å²) in [5.74, 6) is 0.645. The second-order valence-electron chi connectivity index (χ2n) is 5.08. The van der Waals surface area contributed by atoms with Gasteiger partial charge in [0.15, 0.2) is 11.5 Å². The van der Waals surface area contributed by atoms with Crippen molar-refractivity contribution in [2.75, 3.05) is 19.1 Å². The van der Waals surface area contributed by atoms with Crippen LogP contribution in [0.2, 0.25) is 5.02 Å². The van der Waals surface area contributed by atoms with Crippen LogP contribution in [0.1, 0.15) is 5.56 Å². The molecule has 25 heavy (non-hydrogen) atoms. The van der Waals surface area contributed by atoms with Gasteiger partial charge in [0, 0.05) is 10.6 Å². The van der Waals surface area contributed by atoms with Gasteiger partial charge < -0.3 is 9.47 Å². The summed E-state index contributed by atoms with van der Waals surface area (Å²) < 4.78 is 10.6. The highest BCUT2D eigenvalue weighted by atomic mass is 35.5. The molecule has 2 aromatic carbocycles. The van der Waals surface area contributed by atoms with Gasteiger partial charge in [-0.25, -0.2) is 4.90 Å². The van der Waals surface area contributed by atoms with Gasteiger partial charge in [0.1, 0.15) is 0 Å². The standard InChI is InChI=1S/C18H14ClNO4S/c1-23-14-8-3-5-11(16(14)24-2)9-15-17(21)20(18(22)25-15)13-7-4-6-12(19)10-13/h3-10H,1-2H3/b15-9+. The maximum Gasteiger partial charge on any atom is 0.298 e. The summed E-state index contributed by atoms with van der Waals surface area (Å²) in [7, 11) is 3.06.